The molecule has 34 heavy (non-hydrogen) atoms. The van der Waals surface area contributed by atoms with Crippen LogP contribution in [0.2, 0.25) is 0 Å². The van der Waals surface area contributed by atoms with E-state index in [9.17, 15) is 19.8 Å². The van der Waals surface area contributed by atoms with Crippen molar-refractivity contribution in [2.45, 2.75) is 105 Å². The second kappa shape index (κ2) is 6.73. The zero-order valence-corrected chi connectivity index (χ0v) is 22.4. The predicted octanol–water partition coefficient (Wildman–Crippen LogP) is 5.42. The Morgan fingerprint density at radius 3 is 1.71 bits per heavy atom. The number of carbonyl (C=O) groups is 2. The molecule has 8 atom stereocenters. The molecule has 0 saturated heterocycles. The van der Waals surface area contributed by atoms with Crippen LogP contribution < -0.4 is 0 Å². The van der Waals surface area contributed by atoms with E-state index in [-0.39, 0.29) is 39.1 Å². The van der Waals surface area contributed by atoms with E-state index in [2.05, 4.69) is 47.6 Å². The van der Waals surface area contributed by atoms with Crippen molar-refractivity contribution in [3.05, 3.63) is 23.3 Å². The van der Waals surface area contributed by atoms with Crippen LogP contribution in [-0.4, -0.2) is 33.0 Å². The number of hydrogen-bond acceptors (Lipinski definition) is 4. The average molecular weight is 469 g/mol. The number of aliphatic hydroxyl groups is 2. The van der Waals surface area contributed by atoms with E-state index in [1.165, 1.54) is 0 Å². The SMILES string of the molecule is CC1(O)C(=O)C2C([C@@]3(C)CCCC3(C)C)=CC1C1C2C([C@@]2(C)CCCC2(C)C)=CC(=O)[C@@]1(C)O. The van der Waals surface area contributed by atoms with Gasteiger partial charge in [0.15, 0.2) is 11.6 Å². The Morgan fingerprint density at radius 1 is 0.735 bits per heavy atom. The Hall–Kier alpha value is -1.26. The maximum Gasteiger partial charge on any atom is 0.187 e. The summed E-state index contributed by atoms with van der Waals surface area (Å²) in [5, 5.41) is 23.2. The predicted molar refractivity (Wildman–Crippen MR) is 133 cm³/mol. The van der Waals surface area contributed by atoms with E-state index in [0.29, 0.717) is 0 Å². The van der Waals surface area contributed by atoms with E-state index in [4.69, 9.17) is 0 Å². The largest absolute Gasteiger partial charge is 0.382 e. The number of carbonyl (C=O) groups excluding carboxylic acids is 2. The fourth-order valence-corrected chi connectivity index (χ4v) is 9.06. The monoisotopic (exact) mass is 468 g/mol. The van der Waals surface area contributed by atoms with Crippen molar-refractivity contribution < 1.29 is 19.8 Å². The van der Waals surface area contributed by atoms with Gasteiger partial charge in [-0.3, -0.25) is 9.59 Å². The molecule has 4 nitrogen and oxygen atoms in total. The Morgan fingerprint density at radius 2 is 1.24 bits per heavy atom. The Balaban J connectivity index is 1.77. The highest BCUT2D eigenvalue weighted by Gasteiger charge is 2.70. The van der Waals surface area contributed by atoms with Crippen molar-refractivity contribution in [3.63, 3.8) is 0 Å². The molecule has 0 heterocycles. The van der Waals surface area contributed by atoms with Crippen LogP contribution in [0.3, 0.4) is 0 Å². The number of hydrogen-bond donors (Lipinski definition) is 2. The first-order valence-corrected chi connectivity index (χ1v) is 13.4. The normalized spacial score (nSPS) is 51.4. The summed E-state index contributed by atoms with van der Waals surface area (Å²) in [5.74, 6) is -2.20. The maximum atomic E-state index is 14.1. The van der Waals surface area contributed by atoms with Crippen LogP contribution in [0, 0.1) is 45.3 Å². The Kier molecular flexibility index (Phi) is 4.84. The standard InChI is InChI=1S/C30H44O4/c1-25(2)11-9-13-27(25,5)17-15-19-23-21(22(17)24(32)29(19,7)33)18(16-20(31)30(23,8)34)28(6)14-10-12-26(28,3)4/h15-16,19,21-23,33-34H,9-14H2,1-8H3/t19?,21?,22?,23?,27-,28-,29?,30-/m1/s1. The number of fused-ring (bicyclic) bond motifs is 1. The molecule has 0 radical (unpaired) electrons. The molecule has 0 aliphatic heterocycles. The molecule has 0 aromatic heterocycles. The topological polar surface area (TPSA) is 74.6 Å². The van der Waals surface area contributed by atoms with Crippen molar-refractivity contribution in [2.24, 2.45) is 45.3 Å². The van der Waals surface area contributed by atoms with Crippen LogP contribution in [0.4, 0.5) is 0 Å². The van der Waals surface area contributed by atoms with E-state index in [0.717, 1.165) is 49.7 Å². The molecule has 0 aromatic carbocycles. The van der Waals surface area contributed by atoms with Crippen LogP contribution >= 0.6 is 0 Å². The van der Waals surface area contributed by atoms with Gasteiger partial charge in [-0.15, -0.1) is 0 Å². The fraction of sp³-hybridized carbons (Fsp3) is 0.800. The summed E-state index contributed by atoms with van der Waals surface area (Å²) >= 11 is 0. The first-order chi connectivity index (χ1) is 15.4. The highest BCUT2D eigenvalue weighted by atomic mass is 16.3. The summed E-state index contributed by atoms with van der Waals surface area (Å²) in [4.78, 5) is 27.6. The minimum absolute atomic E-state index is 0.00444. The first-order valence-electron chi connectivity index (χ1n) is 13.4. The minimum Gasteiger partial charge on any atom is -0.382 e. The number of allylic oxidation sites excluding steroid dienone is 2. The van der Waals surface area contributed by atoms with Crippen LogP contribution in [0.15, 0.2) is 23.3 Å². The second-order valence-corrected chi connectivity index (χ2v) is 14.4. The number of Topliss-reactive ketones (excluding diaryl/α,β-unsaturated/α-hetero) is 1. The molecule has 6 rings (SSSR count). The molecule has 6 aliphatic carbocycles. The number of ketones is 2. The van der Waals surface area contributed by atoms with Gasteiger partial charge < -0.3 is 10.2 Å². The van der Waals surface area contributed by atoms with Gasteiger partial charge >= 0.3 is 0 Å². The average Bonchev–Trinajstić information content (AvgIpc) is 3.16. The van der Waals surface area contributed by atoms with Crippen LogP contribution in [0.1, 0.15) is 93.9 Å². The van der Waals surface area contributed by atoms with Crippen molar-refractivity contribution in [3.8, 4) is 0 Å². The van der Waals surface area contributed by atoms with E-state index in [1.807, 2.05) is 0 Å². The third-order valence-electron chi connectivity index (χ3n) is 12.3. The molecule has 5 unspecified atom stereocenters. The van der Waals surface area contributed by atoms with Gasteiger partial charge in [0.1, 0.15) is 11.2 Å². The smallest absolute Gasteiger partial charge is 0.187 e. The maximum absolute atomic E-state index is 14.1. The van der Waals surface area contributed by atoms with Crippen molar-refractivity contribution in [2.75, 3.05) is 0 Å². The zero-order valence-electron chi connectivity index (χ0n) is 22.4. The molecule has 2 bridgehead atoms. The Labute approximate surface area is 205 Å². The highest BCUT2D eigenvalue weighted by molar-refractivity contribution is 6.02. The van der Waals surface area contributed by atoms with Crippen molar-refractivity contribution >= 4 is 11.6 Å². The molecule has 0 amide bonds. The van der Waals surface area contributed by atoms with E-state index in [1.54, 1.807) is 19.9 Å². The van der Waals surface area contributed by atoms with Gasteiger partial charge in [0, 0.05) is 23.7 Å². The highest BCUT2D eigenvalue weighted by Crippen LogP contribution is 2.70. The first kappa shape index (κ1) is 24.4. The number of rotatable bonds is 2. The second-order valence-electron chi connectivity index (χ2n) is 14.4. The molecule has 3 saturated carbocycles. The lowest BCUT2D eigenvalue weighted by Crippen LogP contribution is -2.69. The van der Waals surface area contributed by atoms with Gasteiger partial charge in [0.25, 0.3) is 0 Å². The van der Waals surface area contributed by atoms with Gasteiger partial charge in [-0.2, -0.15) is 0 Å². The summed E-state index contributed by atoms with van der Waals surface area (Å²) in [6, 6.07) is 0. The quantitative estimate of drug-likeness (QED) is 0.531. The molecule has 0 aromatic rings. The summed E-state index contributed by atoms with van der Waals surface area (Å²) in [6.07, 6.45) is 10.3. The molecule has 0 spiro atoms. The van der Waals surface area contributed by atoms with Crippen molar-refractivity contribution in [1.29, 1.82) is 0 Å². The zero-order chi connectivity index (χ0) is 25.3. The van der Waals surface area contributed by atoms with Gasteiger partial charge in [0.2, 0.25) is 0 Å². The third kappa shape index (κ3) is 2.68. The summed E-state index contributed by atoms with van der Waals surface area (Å²) in [6.45, 7) is 17.0. The third-order valence-corrected chi connectivity index (χ3v) is 12.3. The molecule has 2 N–H and O–H groups in total. The lowest BCUT2D eigenvalue weighted by atomic mass is 9.41. The minimum atomic E-state index is -1.60. The van der Waals surface area contributed by atoms with E-state index >= 15 is 0 Å². The summed E-state index contributed by atoms with van der Waals surface area (Å²) in [5.41, 5.74) is -1.28. The van der Waals surface area contributed by atoms with Gasteiger partial charge in [-0.25, -0.2) is 0 Å². The lowest BCUT2D eigenvalue weighted by Gasteiger charge is -2.63. The Bertz CT molecular complexity index is 1020. The van der Waals surface area contributed by atoms with E-state index < -0.39 is 29.0 Å². The summed E-state index contributed by atoms with van der Waals surface area (Å²) in [7, 11) is 0. The molecular weight excluding hydrogens is 424 g/mol. The van der Waals surface area contributed by atoms with Crippen LogP contribution in [-0.2, 0) is 9.59 Å². The molecule has 188 valence electrons. The summed E-state index contributed by atoms with van der Waals surface area (Å²) < 4.78 is 0. The van der Waals surface area contributed by atoms with Crippen LogP contribution in [0.5, 0.6) is 0 Å². The fourth-order valence-electron chi connectivity index (χ4n) is 9.06. The molecular formula is C30H44O4. The van der Waals surface area contributed by atoms with Gasteiger partial charge in [-0.1, -0.05) is 71.6 Å². The van der Waals surface area contributed by atoms with Gasteiger partial charge in [0.05, 0.1) is 0 Å². The molecule has 3 fully saturated rings. The van der Waals surface area contributed by atoms with Crippen LogP contribution in [0.25, 0.3) is 0 Å². The molecule has 6 aliphatic rings. The van der Waals surface area contributed by atoms with Gasteiger partial charge in [-0.05, 0) is 67.3 Å². The van der Waals surface area contributed by atoms with Crippen molar-refractivity contribution in [1.82, 2.24) is 0 Å². The molecule has 4 heteroatoms. The lowest BCUT2D eigenvalue weighted by molar-refractivity contribution is -0.181.